The first-order valence-electron chi connectivity index (χ1n) is 9.15. The van der Waals surface area contributed by atoms with Gasteiger partial charge in [0, 0.05) is 45.8 Å². The predicted molar refractivity (Wildman–Crippen MR) is 96.0 cm³/mol. The number of nitrogens with zero attached hydrogens (tertiary/aromatic N) is 4. The summed E-state index contributed by atoms with van der Waals surface area (Å²) in [6.45, 7) is 9.12. The summed E-state index contributed by atoms with van der Waals surface area (Å²) in [5.41, 5.74) is 2.60. The largest absolute Gasteiger partial charge is 0.363 e. The minimum Gasteiger partial charge on any atom is -0.363 e. The molecule has 0 amide bonds. The van der Waals surface area contributed by atoms with Crippen LogP contribution < -0.4 is 10.2 Å². The molecule has 0 radical (unpaired) electrons. The number of hydrogen-bond donors (Lipinski definition) is 1. The summed E-state index contributed by atoms with van der Waals surface area (Å²) in [6, 6.07) is 0.922. The van der Waals surface area contributed by atoms with E-state index in [1.807, 2.05) is 4.68 Å². The molecule has 5 nitrogen and oxygen atoms in total. The summed E-state index contributed by atoms with van der Waals surface area (Å²) in [5, 5.41) is 8.47. The Morgan fingerprint density at radius 3 is 2.61 bits per heavy atom. The van der Waals surface area contributed by atoms with Crippen molar-refractivity contribution in [3.05, 3.63) is 11.3 Å². The molecule has 2 aliphatic rings. The highest BCUT2D eigenvalue weighted by Crippen LogP contribution is 2.31. The molecule has 1 atom stereocenters. The van der Waals surface area contributed by atoms with Crippen molar-refractivity contribution in [2.24, 2.45) is 13.0 Å². The van der Waals surface area contributed by atoms with Gasteiger partial charge in [-0.2, -0.15) is 5.10 Å². The fourth-order valence-electron chi connectivity index (χ4n) is 3.97. The lowest BCUT2D eigenvalue weighted by atomic mass is 10.0. The molecule has 1 saturated carbocycles. The predicted octanol–water partition coefficient (Wildman–Crippen LogP) is 2.18. The molecule has 23 heavy (non-hydrogen) atoms. The average molecular weight is 319 g/mol. The zero-order chi connectivity index (χ0) is 16.6. The minimum atomic E-state index is 0.462. The van der Waals surface area contributed by atoms with Crippen LogP contribution >= 0.6 is 0 Å². The molecule has 0 aromatic carbocycles. The summed E-state index contributed by atoms with van der Waals surface area (Å²) >= 11 is 0. The van der Waals surface area contributed by atoms with Crippen LogP contribution in [0.25, 0.3) is 0 Å². The molecule has 2 heterocycles. The second kappa shape index (κ2) is 6.81. The van der Waals surface area contributed by atoms with Crippen LogP contribution in [-0.2, 0) is 13.6 Å². The van der Waals surface area contributed by atoms with Crippen LogP contribution in [-0.4, -0.2) is 54.5 Å². The van der Waals surface area contributed by atoms with Gasteiger partial charge in [0.1, 0.15) is 5.82 Å². The van der Waals surface area contributed by atoms with Crippen molar-refractivity contribution in [3.8, 4) is 0 Å². The molecular formula is C18H33N5. The molecule has 5 heteroatoms. The average Bonchev–Trinajstić information content (AvgIpc) is 3.13. The van der Waals surface area contributed by atoms with Gasteiger partial charge in [0.05, 0.1) is 5.69 Å². The standard InChI is InChI=1S/C18H33N5/c1-13(2)17-16(18(21(3)4)22(5)20-17)11-19-10-14-8-9-23(12-14)15-6-7-15/h13-15,19H,6-12H2,1-5H3. The highest BCUT2D eigenvalue weighted by Gasteiger charge is 2.34. The minimum absolute atomic E-state index is 0.462. The smallest absolute Gasteiger partial charge is 0.130 e. The van der Waals surface area contributed by atoms with E-state index in [1.165, 1.54) is 49.4 Å². The van der Waals surface area contributed by atoms with E-state index < -0.39 is 0 Å². The van der Waals surface area contributed by atoms with Crippen LogP contribution in [0.5, 0.6) is 0 Å². The molecule has 0 spiro atoms. The van der Waals surface area contributed by atoms with E-state index in [1.54, 1.807) is 0 Å². The van der Waals surface area contributed by atoms with E-state index in [0.717, 1.165) is 25.0 Å². The maximum atomic E-state index is 4.75. The Morgan fingerprint density at radius 1 is 1.26 bits per heavy atom. The molecule has 3 rings (SSSR count). The van der Waals surface area contributed by atoms with Gasteiger partial charge in [0.25, 0.3) is 0 Å². The van der Waals surface area contributed by atoms with E-state index in [9.17, 15) is 0 Å². The molecule has 1 aromatic rings. The number of nitrogens with one attached hydrogen (secondary N) is 1. The maximum Gasteiger partial charge on any atom is 0.130 e. The van der Waals surface area contributed by atoms with Gasteiger partial charge in [0.15, 0.2) is 0 Å². The van der Waals surface area contributed by atoms with Gasteiger partial charge in [-0.15, -0.1) is 0 Å². The third kappa shape index (κ3) is 3.72. The first-order valence-corrected chi connectivity index (χ1v) is 9.15. The Bertz CT molecular complexity index is 530. The molecule has 1 aliphatic heterocycles. The molecule has 1 saturated heterocycles. The van der Waals surface area contributed by atoms with Crippen molar-refractivity contribution < 1.29 is 0 Å². The van der Waals surface area contributed by atoms with Gasteiger partial charge in [-0.25, -0.2) is 0 Å². The molecule has 1 aliphatic carbocycles. The molecule has 2 fully saturated rings. The maximum absolute atomic E-state index is 4.75. The fraction of sp³-hybridized carbons (Fsp3) is 0.833. The van der Waals surface area contributed by atoms with E-state index in [2.05, 4.69) is 50.1 Å². The Morgan fingerprint density at radius 2 is 2.00 bits per heavy atom. The second-order valence-electron chi connectivity index (χ2n) is 7.87. The van der Waals surface area contributed by atoms with Gasteiger partial charge in [-0.05, 0) is 44.2 Å². The van der Waals surface area contributed by atoms with Crippen LogP contribution in [0.4, 0.5) is 5.82 Å². The number of aryl methyl sites for hydroxylation is 1. The van der Waals surface area contributed by atoms with Gasteiger partial charge in [-0.1, -0.05) is 13.8 Å². The number of rotatable bonds is 7. The van der Waals surface area contributed by atoms with Crippen molar-refractivity contribution >= 4 is 5.82 Å². The number of likely N-dealkylation sites (tertiary alicyclic amines) is 1. The van der Waals surface area contributed by atoms with Crippen LogP contribution in [0.2, 0.25) is 0 Å². The summed E-state index contributed by atoms with van der Waals surface area (Å²) in [5.74, 6) is 2.51. The third-order valence-corrected chi connectivity index (χ3v) is 5.23. The molecule has 0 bridgehead atoms. The highest BCUT2D eigenvalue weighted by atomic mass is 15.4. The SMILES string of the molecule is CC(C)c1nn(C)c(N(C)C)c1CNCC1CCN(C2CC2)C1. The van der Waals surface area contributed by atoms with Gasteiger partial charge in [-0.3, -0.25) is 4.68 Å². The lowest BCUT2D eigenvalue weighted by molar-refractivity contribution is 0.312. The Balaban J connectivity index is 1.59. The topological polar surface area (TPSA) is 36.3 Å². The molecule has 1 unspecified atom stereocenters. The van der Waals surface area contributed by atoms with E-state index >= 15 is 0 Å². The molecular weight excluding hydrogens is 286 g/mol. The van der Waals surface area contributed by atoms with Crippen molar-refractivity contribution in [2.75, 3.05) is 38.6 Å². The van der Waals surface area contributed by atoms with Crippen LogP contribution in [0.3, 0.4) is 0 Å². The second-order valence-corrected chi connectivity index (χ2v) is 7.87. The Kier molecular flexibility index (Phi) is 4.97. The quantitative estimate of drug-likeness (QED) is 0.836. The van der Waals surface area contributed by atoms with E-state index in [-0.39, 0.29) is 0 Å². The zero-order valence-corrected chi connectivity index (χ0v) is 15.5. The monoisotopic (exact) mass is 319 g/mol. The lowest BCUT2D eigenvalue weighted by Crippen LogP contribution is -2.28. The Hall–Kier alpha value is -1.07. The van der Waals surface area contributed by atoms with Gasteiger partial charge >= 0.3 is 0 Å². The highest BCUT2D eigenvalue weighted by molar-refractivity contribution is 5.50. The Labute approximate surface area is 141 Å². The number of aromatic nitrogens is 2. The summed E-state index contributed by atoms with van der Waals surface area (Å²) in [4.78, 5) is 4.88. The van der Waals surface area contributed by atoms with Crippen molar-refractivity contribution in [2.45, 2.75) is 51.6 Å². The zero-order valence-electron chi connectivity index (χ0n) is 15.5. The summed E-state index contributed by atoms with van der Waals surface area (Å²) < 4.78 is 2.02. The number of hydrogen-bond acceptors (Lipinski definition) is 4. The number of anilines is 1. The fourth-order valence-corrected chi connectivity index (χ4v) is 3.97. The van der Waals surface area contributed by atoms with Crippen molar-refractivity contribution in [3.63, 3.8) is 0 Å². The van der Waals surface area contributed by atoms with Crippen molar-refractivity contribution in [1.82, 2.24) is 20.0 Å². The summed E-state index contributed by atoms with van der Waals surface area (Å²) in [7, 11) is 6.26. The van der Waals surface area contributed by atoms with E-state index in [4.69, 9.17) is 5.10 Å². The van der Waals surface area contributed by atoms with Crippen LogP contribution in [0.15, 0.2) is 0 Å². The van der Waals surface area contributed by atoms with Crippen molar-refractivity contribution in [1.29, 1.82) is 0 Å². The van der Waals surface area contributed by atoms with Crippen LogP contribution in [0, 0.1) is 5.92 Å². The molecule has 130 valence electrons. The lowest BCUT2D eigenvalue weighted by Gasteiger charge is -2.18. The van der Waals surface area contributed by atoms with E-state index in [0.29, 0.717) is 5.92 Å². The molecule has 1 aromatic heterocycles. The first-order chi connectivity index (χ1) is 11.0. The third-order valence-electron chi connectivity index (χ3n) is 5.23. The van der Waals surface area contributed by atoms with Gasteiger partial charge < -0.3 is 15.1 Å². The van der Waals surface area contributed by atoms with Gasteiger partial charge in [0.2, 0.25) is 0 Å². The van der Waals surface area contributed by atoms with Crippen LogP contribution in [0.1, 0.15) is 50.3 Å². The summed E-state index contributed by atoms with van der Waals surface area (Å²) in [6.07, 6.45) is 4.22. The first kappa shape index (κ1) is 16.8. The molecule has 1 N–H and O–H groups in total. The normalized spacial score (nSPS) is 22.3.